The standard InChI is InChI=1S/C25H22ClFN4O3/c1-33-23-5-2-15(13-28-23)25(32)18-11-19(21(27)12-20(18)26)24-17-4-3-16(10-22(17)29-14-30-24)31-6-8-34-9-7-31/h2-5,10-14,25,32H,6-9H2,1H3/i6D2,7D2,8D2,9D2. The summed E-state index contributed by atoms with van der Waals surface area (Å²) in [6.07, 6.45) is 1.20. The highest BCUT2D eigenvalue weighted by atomic mass is 35.5. The van der Waals surface area contributed by atoms with E-state index in [-0.39, 0.29) is 38.4 Å². The van der Waals surface area contributed by atoms with Gasteiger partial charge in [-0.15, -0.1) is 0 Å². The second-order valence-electron chi connectivity index (χ2n) is 7.18. The van der Waals surface area contributed by atoms with Crippen molar-refractivity contribution in [2.75, 3.05) is 38.1 Å². The van der Waals surface area contributed by atoms with Gasteiger partial charge in [0.2, 0.25) is 5.88 Å². The molecule has 1 atom stereocenters. The predicted octanol–water partition coefficient (Wildman–Crippen LogP) is 4.41. The van der Waals surface area contributed by atoms with Crippen LogP contribution in [0.3, 0.4) is 0 Å². The summed E-state index contributed by atoms with van der Waals surface area (Å²) in [4.78, 5) is 12.7. The van der Waals surface area contributed by atoms with E-state index in [1.165, 1.54) is 37.6 Å². The first-order valence-corrected chi connectivity index (χ1v) is 10.3. The smallest absolute Gasteiger partial charge is 0.212 e. The molecule has 1 aliphatic rings. The zero-order valence-corrected chi connectivity index (χ0v) is 18.3. The Morgan fingerprint density at radius 1 is 1.15 bits per heavy atom. The van der Waals surface area contributed by atoms with Crippen LogP contribution in [0.2, 0.25) is 5.02 Å². The normalized spacial score (nSPS) is 24.3. The van der Waals surface area contributed by atoms with E-state index < -0.39 is 38.0 Å². The Bertz CT molecular complexity index is 1650. The minimum absolute atomic E-state index is 0.0551. The number of morpholine rings is 1. The zero-order chi connectivity index (χ0) is 30.8. The summed E-state index contributed by atoms with van der Waals surface area (Å²) in [6.45, 7) is -12.8. The molecule has 5 rings (SSSR count). The minimum Gasteiger partial charge on any atom is -0.481 e. The monoisotopic (exact) mass is 488 g/mol. The third kappa shape index (κ3) is 4.27. The molecule has 1 N–H and O–H groups in total. The van der Waals surface area contributed by atoms with Crippen molar-refractivity contribution in [3.05, 3.63) is 77.0 Å². The third-order valence-electron chi connectivity index (χ3n) is 5.22. The first-order valence-electron chi connectivity index (χ1n) is 13.9. The highest BCUT2D eigenvalue weighted by Crippen LogP contribution is 2.36. The lowest BCUT2D eigenvalue weighted by atomic mass is 9.97. The van der Waals surface area contributed by atoms with Gasteiger partial charge in [0.05, 0.1) is 42.4 Å². The van der Waals surface area contributed by atoms with Gasteiger partial charge in [-0.3, -0.25) is 0 Å². The van der Waals surface area contributed by atoms with Crippen LogP contribution >= 0.6 is 11.6 Å². The number of anilines is 1. The van der Waals surface area contributed by atoms with E-state index in [2.05, 4.69) is 19.7 Å². The number of aliphatic hydroxyl groups excluding tert-OH is 1. The fourth-order valence-electron chi connectivity index (χ4n) is 3.53. The Morgan fingerprint density at radius 3 is 2.71 bits per heavy atom. The largest absolute Gasteiger partial charge is 0.481 e. The van der Waals surface area contributed by atoms with Gasteiger partial charge in [-0.05, 0) is 36.4 Å². The van der Waals surface area contributed by atoms with Crippen molar-refractivity contribution in [2.45, 2.75) is 6.10 Å². The molecule has 9 heteroatoms. The molecule has 1 fully saturated rings. The molecule has 1 saturated heterocycles. The number of aromatic nitrogens is 3. The molecule has 1 aliphatic heterocycles. The third-order valence-corrected chi connectivity index (χ3v) is 5.54. The van der Waals surface area contributed by atoms with E-state index in [0.717, 1.165) is 12.4 Å². The number of benzene rings is 2. The molecule has 1 unspecified atom stereocenters. The number of hydrogen-bond acceptors (Lipinski definition) is 7. The predicted molar refractivity (Wildman–Crippen MR) is 128 cm³/mol. The van der Waals surface area contributed by atoms with Crippen molar-refractivity contribution in [3.8, 4) is 17.1 Å². The number of hydrogen-bond donors (Lipinski definition) is 1. The maximum absolute atomic E-state index is 15.3. The summed E-state index contributed by atoms with van der Waals surface area (Å²) in [5.74, 6) is -0.440. The molecule has 174 valence electrons. The quantitative estimate of drug-likeness (QED) is 0.445. The number of halogens is 2. The van der Waals surface area contributed by atoms with Crippen LogP contribution in [-0.4, -0.2) is 53.3 Å². The van der Waals surface area contributed by atoms with Gasteiger partial charge >= 0.3 is 0 Å². The summed E-state index contributed by atoms with van der Waals surface area (Å²) >= 11 is 6.29. The summed E-state index contributed by atoms with van der Waals surface area (Å²) in [5, 5.41) is 11.2. The Morgan fingerprint density at radius 2 is 1.97 bits per heavy atom. The fraction of sp³-hybridized carbons (Fsp3) is 0.240. The van der Waals surface area contributed by atoms with Gasteiger partial charge in [0, 0.05) is 58.0 Å². The second-order valence-corrected chi connectivity index (χ2v) is 7.59. The van der Waals surface area contributed by atoms with Gasteiger partial charge in [0.1, 0.15) is 18.2 Å². The molecule has 0 bridgehead atoms. The number of nitrogens with zero attached hydrogens (tertiary/aromatic N) is 4. The lowest BCUT2D eigenvalue weighted by molar-refractivity contribution is 0.122. The van der Waals surface area contributed by atoms with Crippen LogP contribution in [0.1, 0.15) is 28.2 Å². The fourth-order valence-corrected chi connectivity index (χ4v) is 3.78. The molecule has 0 amide bonds. The van der Waals surface area contributed by atoms with Gasteiger partial charge in [-0.25, -0.2) is 19.3 Å². The van der Waals surface area contributed by atoms with Crippen LogP contribution in [-0.2, 0) is 4.74 Å². The Kier molecular flexibility index (Phi) is 4.14. The topological polar surface area (TPSA) is 80.6 Å². The highest BCUT2D eigenvalue weighted by Gasteiger charge is 2.21. The number of rotatable bonds is 5. The summed E-state index contributed by atoms with van der Waals surface area (Å²) in [6, 6.07) is 9.24. The van der Waals surface area contributed by atoms with E-state index in [9.17, 15) is 5.11 Å². The molecular formula is C25H22ClFN4O3. The minimum atomic E-state index is -3.24. The average molecular weight is 489 g/mol. The zero-order valence-electron chi connectivity index (χ0n) is 25.6. The molecule has 34 heavy (non-hydrogen) atoms. The number of aliphatic hydroxyl groups is 1. The van der Waals surface area contributed by atoms with Crippen LogP contribution in [0.4, 0.5) is 10.1 Å². The van der Waals surface area contributed by atoms with Crippen LogP contribution in [0.25, 0.3) is 22.2 Å². The molecule has 0 saturated carbocycles. The first kappa shape index (κ1) is 14.8. The Labute approximate surface area is 212 Å². The average Bonchev–Trinajstić information content (AvgIpc) is 2.91. The number of methoxy groups -OCH3 is 1. The number of ether oxygens (including phenoxy) is 2. The van der Waals surface area contributed by atoms with Gasteiger partial charge < -0.3 is 19.5 Å². The lowest BCUT2D eigenvalue weighted by Gasteiger charge is -2.29. The van der Waals surface area contributed by atoms with Crippen molar-refractivity contribution in [2.24, 2.45) is 0 Å². The Balaban J connectivity index is 1.62. The first-order chi connectivity index (χ1) is 19.5. The van der Waals surface area contributed by atoms with Crippen LogP contribution in [0.5, 0.6) is 5.88 Å². The summed E-state index contributed by atoms with van der Waals surface area (Å²) < 4.78 is 89.9. The van der Waals surface area contributed by atoms with Crippen molar-refractivity contribution in [1.29, 1.82) is 0 Å². The van der Waals surface area contributed by atoms with Gasteiger partial charge in [-0.1, -0.05) is 11.6 Å². The van der Waals surface area contributed by atoms with E-state index >= 15 is 4.39 Å². The molecule has 4 aromatic rings. The number of fused-ring (bicyclic) bond motifs is 1. The maximum atomic E-state index is 15.3. The highest BCUT2D eigenvalue weighted by molar-refractivity contribution is 6.31. The molecule has 3 heterocycles. The molecular weight excluding hydrogens is 459 g/mol. The van der Waals surface area contributed by atoms with E-state index in [1.807, 2.05) is 0 Å². The van der Waals surface area contributed by atoms with E-state index in [4.69, 9.17) is 27.3 Å². The van der Waals surface area contributed by atoms with Gasteiger partial charge in [0.15, 0.2) is 0 Å². The van der Waals surface area contributed by atoms with E-state index in [1.54, 1.807) is 12.1 Å². The molecule has 2 aromatic heterocycles. The molecule has 0 spiro atoms. The van der Waals surface area contributed by atoms with Gasteiger partial charge in [-0.2, -0.15) is 0 Å². The molecule has 0 aliphatic carbocycles. The summed E-state index contributed by atoms with van der Waals surface area (Å²) in [7, 11) is 1.44. The van der Waals surface area contributed by atoms with Crippen LogP contribution in [0, 0.1) is 5.82 Å². The van der Waals surface area contributed by atoms with Crippen molar-refractivity contribution in [1.82, 2.24) is 15.0 Å². The Hall–Kier alpha value is -3.33. The number of pyridine rings is 1. The molecule has 2 aromatic carbocycles. The van der Waals surface area contributed by atoms with E-state index in [0.29, 0.717) is 16.3 Å². The van der Waals surface area contributed by atoms with Crippen LogP contribution in [0.15, 0.2) is 55.0 Å². The van der Waals surface area contributed by atoms with Crippen LogP contribution < -0.4 is 9.64 Å². The van der Waals surface area contributed by atoms with Crippen molar-refractivity contribution in [3.63, 3.8) is 0 Å². The van der Waals surface area contributed by atoms with Crippen molar-refractivity contribution >= 4 is 28.2 Å². The second kappa shape index (κ2) is 9.50. The van der Waals surface area contributed by atoms with Gasteiger partial charge in [0.25, 0.3) is 0 Å². The molecule has 0 radical (unpaired) electrons. The lowest BCUT2D eigenvalue weighted by Crippen LogP contribution is -2.36. The molecule has 7 nitrogen and oxygen atoms in total. The summed E-state index contributed by atoms with van der Waals surface area (Å²) in [5.41, 5.74) is 0.370. The van der Waals surface area contributed by atoms with Crippen molar-refractivity contribution < 1.29 is 29.9 Å². The SMILES string of the molecule is [2H]C1([2H])OC([2H])([2H])C([2H])([2H])N(c2ccc3c(-c4cc(C(O)c5ccc(OC)nc5)c(Cl)cc4F)ncnc3c2)C1([2H])[2H]. The maximum Gasteiger partial charge on any atom is 0.212 e.